The van der Waals surface area contributed by atoms with Crippen LogP contribution in [0, 0.1) is 6.92 Å². The minimum Gasteiger partial charge on any atom is -0.494 e. The first-order valence-electron chi connectivity index (χ1n) is 8.41. The maximum Gasteiger partial charge on any atom is 0.220 e. The quantitative estimate of drug-likeness (QED) is 0.674. The number of para-hydroxylation sites is 1. The molecule has 25 heavy (non-hydrogen) atoms. The summed E-state index contributed by atoms with van der Waals surface area (Å²) in [7, 11) is 0. The Kier molecular flexibility index (Phi) is 7.61. The second kappa shape index (κ2) is 9.94. The summed E-state index contributed by atoms with van der Waals surface area (Å²) in [6.07, 6.45) is 1.07. The molecule has 0 aliphatic carbocycles. The van der Waals surface area contributed by atoms with Crippen LogP contribution in [-0.4, -0.2) is 25.2 Å². The molecule has 0 unspecified atom stereocenters. The van der Waals surface area contributed by atoms with Crippen molar-refractivity contribution in [3.8, 4) is 11.5 Å². The van der Waals surface area contributed by atoms with E-state index in [4.69, 9.17) is 21.1 Å². The molecule has 2 aromatic carbocycles. The number of hydrogen-bond donors (Lipinski definition) is 1. The van der Waals surface area contributed by atoms with Gasteiger partial charge in [0, 0.05) is 11.4 Å². The number of halogens is 1. The van der Waals surface area contributed by atoms with Gasteiger partial charge in [0.2, 0.25) is 5.91 Å². The van der Waals surface area contributed by atoms with E-state index in [1.165, 1.54) is 0 Å². The van der Waals surface area contributed by atoms with Crippen molar-refractivity contribution in [1.82, 2.24) is 5.32 Å². The highest BCUT2D eigenvalue weighted by atomic mass is 35.5. The van der Waals surface area contributed by atoms with Crippen LogP contribution in [0.25, 0.3) is 0 Å². The average Bonchev–Trinajstić information content (AvgIpc) is 2.59. The molecule has 2 aromatic rings. The molecule has 1 N–H and O–H groups in total. The lowest BCUT2D eigenvalue weighted by molar-refractivity contribution is -0.122. The first-order valence-corrected chi connectivity index (χ1v) is 8.78. The van der Waals surface area contributed by atoms with Crippen LogP contribution in [0.3, 0.4) is 0 Å². The molecule has 0 aliphatic heterocycles. The molecule has 5 heteroatoms. The molecule has 0 bridgehead atoms. The molecule has 0 saturated carbocycles. The van der Waals surface area contributed by atoms with Gasteiger partial charge in [-0.3, -0.25) is 4.79 Å². The van der Waals surface area contributed by atoms with E-state index >= 15 is 0 Å². The summed E-state index contributed by atoms with van der Waals surface area (Å²) in [5.74, 6) is 1.60. The number of ether oxygens (including phenoxy) is 2. The number of aryl methyl sites for hydroxylation is 1. The first kappa shape index (κ1) is 19.1. The van der Waals surface area contributed by atoms with Gasteiger partial charge in [-0.1, -0.05) is 29.8 Å². The third kappa shape index (κ3) is 7.06. The fraction of sp³-hybridized carbons (Fsp3) is 0.350. The monoisotopic (exact) mass is 361 g/mol. The molecule has 0 heterocycles. The molecule has 0 aliphatic rings. The Morgan fingerprint density at radius 1 is 1.12 bits per heavy atom. The Bertz CT molecular complexity index is 673. The molecule has 0 aromatic heterocycles. The smallest absolute Gasteiger partial charge is 0.220 e. The van der Waals surface area contributed by atoms with E-state index < -0.39 is 0 Å². The van der Waals surface area contributed by atoms with Crippen molar-refractivity contribution in [2.24, 2.45) is 0 Å². The van der Waals surface area contributed by atoms with Crippen molar-refractivity contribution < 1.29 is 14.3 Å². The zero-order valence-electron chi connectivity index (χ0n) is 14.6. The normalized spacial score (nSPS) is 11.6. The van der Waals surface area contributed by atoms with Gasteiger partial charge in [0.1, 0.15) is 18.1 Å². The Hall–Kier alpha value is -2.20. The minimum atomic E-state index is -0.0516. The van der Waals surface area contributed by atoms with Gasteiger partial charge < -0.3 is 14.8 Å². The van der Waals surface area contributed by atoms with E-state index in [0.717, 1.165) is 17.1 Å². The van der Waals surface area contributed by atoms with Crippen molar-refractivity contribution >= 4 is 17.5 Å². The second-order valence-electron chi connectivity index (χ2n) is 5.95. The molecular formula is C20H24ClNO3. The van der Waals surface area contributed by atoms with E-state index in [1.54, 1.807) is 12.1 Å². The maximum atomic E-state index is 11.9. The van der Waals surface area contributed by atoms with E-state index in [2.05, 4.69) is 5.32 Å². The summed E-state index contributed by atoms with van der Waals surface area (Å²) in [4.78, 5) is 11.9. The van der Waals surface area contributed by atoms with E-state index in [1.807, 2.05) is 50.2 Å². The van der Waals surface area contributed by atoms with Crippen LogP contribution in [0.5, 0.6) is 11.5 Å². The lowest BCUT2D eigenvalue weighted by Crippen LogP contribution is -2.36. The number of carbonyl (C=O) groups excluding carboxylic acids is 1. The fourth-order valence-electron chi connectivity index (χ4n) is 2.28. The fourth-order valence-corrected chi connectivity index (χ4v) is 2.40. The van der Waals surface area contributed by atoms with Crippen molar-refractivity contribution in [2.75, 3.05) is 13.2 Å². The Labute approximate surface area is 154 Å². The number of hydrogen-bond acceptors (Lipinski definition) is 3. The highest BCUT2D eigenvalue weighted by Gasteiger charge is 2.09. The van der Waals surface area contributed by atoms with Gasteiger partial charge in [0.05, 0.1) is 12.6 Å². The highest BCUT2D eigenvalue weighted by Crippen LogP contribution is 2.17. The van der Waals surface area contributed by atoms with Crippen molar-refractivity contribution in [3.63, 3.8) is 0 Å². The van der Waals surface area contributed by atoms with Crippen LogP contribution in [0.15, 0.2) is 48.5 Å². The van der Waals surface area contributed by atoms with Crippen LogP contribution in [0.1, 0.15) is 25.3 Å². The topological polar surface area (TPSA) is 47.6 Å². The summed E-state index contributed by atoms with van der Waals surface area (Å²) in [6, 6.07) is 15.0. The zero-order valence-corrected chi connectivity index (χ0v) is 15.4. The Morgan fingerprint density at radius 3 is 2.56 bits per heavy atom. The Balaban J connectivity index is 1.61. The molecule has 0 saturated heterocycles. The summed E-state index contributed by atoms with van der Waals surface area (Å²) >= 11 is 5.82. The Morgan fingerprint density at radius 2 is 1.84 bits per heavy atom. The van der Waals surface area contributed by atoms with Gasteiger partial charge >= 0.3 is 0 Å². The van der Waals surface area contributed by atoms with Gasteiger partial charge in [-0.05, 0) is 56.2 Å². The predicted molar refractivity (Wildman–Crippen MR) is 100 cm³/mol. The molecule has 1 amide bonds. The highest BCUT2D eigenvalue weighted by molar-refractivity contribution is 6.30. The molecule has 134 valence electrons. The summed E-state index contributed by atoms with van der Waals surface area (Å²) in [6.45, 7) is 4.86. The number of nitrogens with one attached hydrogen (secondary N) is 1. The second-order valence-corrected chi connectivity index (χ2v) is 6.39. The molecule has 0 fully saturated rings. The lowest BCUT2D eigenvalue weighted by Gasteiger charge is -2.16. The van der Waals surface area contributed by atoms with Crippen LogP contribution in [0.4, 0.5) is 0 Å². The van der Waals surface area contributed by atoms with E-state index in [9.17, 15) is 4.79 Å². The van der Waals surface area contributed by atoms with Crippen LogP contribution in [0.2, 0.25) is 5.02 Å². The molecular weight excluding hydrogens is 338 g/mol. The van der Waals surface area contributed by atoms with Crippen molar-refractivity contribution in [1.29, 1.82) is 0 Å². The van der Waals surface area contributed by atoms with Gasteiger partial charge in [0.15, 0.2) is 0 Å². The largest absolute Gasteiger partial charge is 0.494 e. The number of rotatable bonds is 9. The van der Waals surface area contributed by atoms with Crippen LogP contribution >= 0.6 is 11.6 Å². The summed E-state index contributed by atoms with van der Waals surface area (Å²) < 4.78 is 11.3. The third-order valence-electron chi connectivity index (χ3n) is 3.62. The molecule has 4 nitrogen and oxygen atoms in total. The number of carbonyl (C=O) groups is 1. The van der Waals surface area contributed by atoms with E-state index in [0.29, 0.717) is 31.1 Å². The molecule has 2 rings (SSSR count). The zero-order chi connectivity index (χ0) is 18.1. The van der Waals surface area contributed by atoms with E-state index in [-0.39, 0.29) is 11.9 Å². The minimum absolute atomic E-state index is 0.000546. The van der Waals surface area contributed by atoms with Crippen molar-refractivity contribution in [2.45, 2.75) is 32.7 Å². The van der Waals surface area contributed by atoms with Crippen LogP contribution in [-0.2, 0) is 4.79 Å². The standard InChI is InChI=1S/C20H24ClNO3/c1-15-6-3-4-7-19(15)25-14-16(2)22-20(23)8-5-13-24-18-11-9-17(21)10-12-18/h3-4,6-7,9-12,16H,5,8,13-14H2,1-2H3,(H,22,23)/t16-/m0/s1. The molecule has 0 radical (unpaired) electrons. The molecule has 0 spiro atoms. The third-order valence-corrected chi connectivity index (χ3v) is 3.87. The lowest BCUT2D eigenvalue weighted by atomic mass is 10.2. The van der Waals surface area contributed by atoms with Gasteiger partial charge in [-0.25, -0.2) is 0 Å². The van der Waals surface area contributed by atoms with Gasteiger partial charge in [-0.15, -0.1) is 0 Å². The van der Waals surface area contributed by atoms with Gasteiger partial charge in [-0.2, -0.15) is 0 Å². The number of amides is 1. The summed E-state index contributed by atoms with van der Waals surface area (Å²) in [5, 5.41) is 3.61. The average molecular weight is 362 g/mol. The first-order chi connectivity index (χ1) is 12.0. The van der Waals surface area contributed by atoms with Gasteiger partial charge in [0.25, 0.3) is 0 Å². The number of benzene rings is 2. The SMILES string of the molecule is Cc1ccccc1OC[C@H](C)NC(=O)CCCOc1ccc(Cl)cc1. The van der Waals surface area contributed by atoms with Crippen molar-refractivity contribution in [3.05, 3.63) is 59.1 Å². The summed E-state index contributed by atoms with van der Waals surface area (Å²) in [5.41, 5.74) is 1.08. The maximum absolute atomic E-state index is 11.9. The predicted octanol–water partition coefficient (Wildman–Crippen LogP) is 4.39. The molecule has 1 atom stereocenters. The van der Waals surface area contributed by atoms with Crippen LogP contribution < -0.4 is 14.8 Å².